The van der Waals surface area contributed by atoms with Crippen molar-refractivity contribution < 1.29 is 18.7 Å². The van der Waals surface area contributed by atoms with Gasteiger partial charge in [-0.2, -0.15) is 5.10 Å². The molecule has 6 aromatic rings. The van der Waals surface area contributed by atoms with Crippen LogP contribution in [0.5, 0.6) is 5.75 Å². The van der Waals surface area contributed by atoms with Gasteiger partial charge in [0.25, 0.3) is 0 Å². The van der Waals surface area contributed by atoms with Crippen LogP contribution in [-0.2, 0) is 11.8 Å². The average Bonchev–Trinajstić information content (AvgIpc) is 3.72. The number of carbonyl (C=O) groups is 2. The second-order valence-corrected chi connectivity index (χ2v) is 15.9. The number of aromatic nitrogens is 3. The molecule has 0 radical (unpaired) electrons. The maximum absolute atomic E-state index is 14.7. The number of unbranched alkanes of at least 4 members (excludes halogenated alkanes) is 2. The van der Waals surface area contributed by atoms with E-state index in [1.54, 1.807) is 4.68 Å². The first-order valence-corrected chi connectivity index (χ1v) is 21.4. The van der Waals surface area contributed by atoms with Gasteiger partial charge >= 0.3 is 0 Å². The molecule has 62 heavy (non-hydrogen) atoms. The third kappa shape index (κ3) is 9.43. The molecule has 2 aliphatic rings. The molecule has 2 aliphatic heterocycles. The van der Waals surface area contributed by atoms with Gasteiger partial charge in [-0.05, 0) is 103 Å². The van der Waals surface area contributed by atoms with E-state index in [1.807, 2.05) is 31.3 Å². The molecule has 8 rings (SSSR count). The molecule has 0 unspecified atom stereocenters. The second kappa shape index (κ2) is 19.3. The Labute approximate surface area is 362 Å². The van der Waals surface area contributed by atoms with Crippen LogP contribution in [0.15, 0.2) is 133 Å². The van der Waals surface area contributed by atoms with Gasteiger partial charge in [-0.1, -0.05) is 98.3 Å². The molecule has 0 aliphatic carbocycles. The van der Waals surface area contributed by atoms with Gasteiger partial charge in [-0.3, -0.25) is 19.3 Å². The van der Waals surface area contributed by atoms with E-state index >= 15 is 0 Å². The average molecular weight is 830 g/mol. The minimum Gasteiger partial charge on any atom is -0.492 e. The standard InChI is InChI=1S/C51H52FN7O3/c1-4-41(34-14-8-5-9-15-34)46(35-16-10-6-11-17-35)36-21-25-40(26-22-36)62-29-28-58(2)27-13-7-12-18-45(61)56-39-23-19-37(20-24-39)49-48(51-54-33-55-59(51)3)50-47-42(44(60)32-53-50)30-38(52)31-43(47)57-49/h5-6,8-11,14-17,19-26,30-31,33,48-49,57H,4,7,12-13,18,27-29,32H2,1-3H3,(H,56,61)/b46-41-/t48-,49-/m1/s1. The van der Waals surface area contributed by atoms with Crippen LogP contribution >= 0.6 is 0 Å². The number of rotatable bonds is 17. The lowest BCUT2D eigenvalue weighted by Gasteiger charge is -2.37. The van der Waals surface area contributed by atoms with E-state index in [-0.39, 0.29) is 30.2 Å². The van der Waals surface area contributed by atoms with Crippen molar-refractivity contribution >= 4 is 39.9 Å². The van der Waals surface area contributed by atoms with Crippen molar-refractivity contribution in [1.82, 2.24) is 19.7 Å². The van der Waals surface area contributed by atoms with Crippen LogP contribution in [0.25, 0.3) is 11.1 Å². The van der Waals surface area contributed by atoms with E-state index in [0.717, 1.165) is 50.1 Å². The highest BCUT2D eigenvalue weighted by atomic mass is 19.1. The number of hydrogen-bond acceptors (Lipinski definition) is 8. The summed E-state index contributed by atoms with van der Waals surface area (Å²) in [5, 5.41) is 10.8. The summed E-state index contributed by atoms with van der Waals surface area (Å²) >= 11 is 0. The minimum absolute atomic E-state index is 0.0335. The van der Waals surface area contributed by atoms with Gasteiger partial charge in [0.1, 0.15) is 36.9 Å². The lowest BCUT2D eigenvalue weighted by molar-refractivity contribution is -0.116. The van der Waals surface area contributed by atoms with E-state index in [2.05, 4.69) is 130 Å². The summed E-state index contributed by atoms with van der Waals surface area (Å²) in [6.45, 7) is 4.47. The number of hydrogen-bond donors (Lipinski definition) is 2. The van der Waals surface area contributed by atoms with Crippen LogP contribution in [-0.4, -0.2) is 70.4 Å². The summed E-state index contributed by atoms with van der Waals surface area (Å²) in [7, 11) is 3.92. The summed E-state index contributed by atoms with van der Waals surface area (Å²) in [6.07, 6.45) is 5.55. The first kappa shape index (κ1) is 42.0. The Morgan fingerprint density at radius 2 is 1.60 bits per heavy atom. The topological polar surface area (TPSA) is 114 Å². The highest BCUT2D eigenvalue weighted by Crippen LogP contribution is 2.45. The smallest absolute Gasteiger partial charge is 0.224 e. The number of amides is 1. The maximum Gasteiger partial charge on any atom is 0.224 e. The number of benzene rings is 5. The fraction of sp³-hybridized carbons (Fsp3) is 0.275. The molecule has 0 saturated heterocycles. The molecule has 0 spiro atoms. The Balaban J connectivity index is 0.791. The molecule has 1 amide bonds. The summed E-state index contributed by atoms with van der Waals surface area (Å²) < 4.78 is 22.5. The van der Waals surface area contributed by atoms with Crippen molar-refractivity contribution in [2.45, 2.75) is 51.0 Å². The number of Topliss-reactive ketones (excluding diaryl/α,β-unsaturated/α-hetero) is 1. The lowest BCUT2D eigenvalue weighted by atomic mass is 9.78. The summed E-state index contributed by atoms with van der Waals surface area (Å²) in [6, 6.07) is 39.6. The van der Waals surface area contributed by atoms with Gasteiger partial charge in [0.2, 0.25) is 5.91 Å². The van der Waals surface area contributed by atoms with Crippen molar-refractivity contribution in [3.05, 3.63) is 173 Å². The molecule has 0 bridgehead atoms. The molecule has 0 fully saturated rings. The van der Waals surface area contributed by atoms with E-state index < -0.39 is 5.82 Å². The van der Waals surface area contributed by atoms with E-state index in [9.17, 15) is 14.0 Å². The molecule has 3 heterocycles. The van der Waals surface area contributed by atoms with Crippen LogP contribution in [0.1, 0.15) is 95.0 Å². The van der Waals surface area contributed by atoms with Gasteiger partial charge in [0.15, 0.2) is 5.78 Å². The Morgan fingerprint density at radius 1 is 0.887 bits per heavy atom. The highest BCUT2D eigenvalue weighted by Gasteiger charge is 2.42. The number of allylic oxidation sites excluding steroid dienone is 1. The third-order valence-electron chi connectivity index (χ3n) is 11.7. The quantitative estimate of drug-likeness (QED) is 0.0696. The number of halogens is 1. The number of nitrogens with zero attached hydrogens (tertiary/aromatic N) is 5. The van der Waals surface area contributed by atoms with Crippen LogP contribution in [0.2, 0.25) is 0 Å². The monoisotopic (exact) mass is 829 g/mol. The van der Waals surface area contributed by atoms with E-state index in [4.69, 9.17) is 4.74 Å². The molecule has 2 atom stereocenters. The summed E-state index contributed by atoms with van der Waals surface area (Å²) in [4.78, 5) is 37.2. The van der Waals surface area contributed by atoms with Crippen LogP contribution in [0, 0.1) is 5.82 Å². The molecule has 316 valence electrons. The number of carbonyl (C=O) groups excluding carboxylic acids is 2. The van der Waals surface area contributed by atoms with Crippen molar-refractivity contribution in [3.8, 4) is 5.75 Å². The normalized spacial score (nSPS) is 16.0. The van der Waals surface area contributed by atoms with Gasteiger partial charge in [0, 0.05) is 42.5 Å². The Bertz CT molecular complexity index is 2570. The molecule has 1 aromatic heterocycles. The number of anilines is 2. The zero-order valence-corrected chi connectivity index (χ0v) is 35.5. The number of nitrogens with one attached hydrogen (secondary N) is 2. The van der Waals surface area contributed by atoms with E-state index in [1.165, 1.54) is 46.3 Å². The number of ether oxygens (including phenoxy) is 1. The SMILES string of the molecule is CC/C(=C(\c1ccccc1)c1ccc(OCCN(C)CCCCCC(=O)Nc2ccc([C@H]3Nc4cc(F)cc5c4C(=NCC5=O)[C@@H]3c3ncnn3C)cc2)cc1)c1ccccc1. The molecule has 11 heteroatoms. The zero-order chi connectivity index (χ0) is 43.0. The summed E-state index contributed by atoms with van der Waals surface area (Å²) in [5.74, 6) is 0.405. The zero-order valence-electron chi connectivity index (χ0n) is 35.5. The predicted octanol–water partition coefficient (Wildman–Crippen LogP) is 9.77. The molecule has 0 saturated carbocycles. The second-order valence-electron chi connectivity index (χ2n) is 15.9. The summed E-state index contributed by atoms with van der Waals surface area (Å²) in [5.41, 5.74) is 9.89. The molecule has 10 nitrogen and oxygen atoms in total. The number of aliphatic imine (C=N–C) groups is 1. The van der Waals surface area contributed by atoms with Gasteiger partial charge in [0.05, 0.1) is 17.7 Å². The first-order valence-electron chi connectivity index (χ1n) is 21.4. The Morgan fingerprint density at radius 3 is 2.29 bits per heavy atom. The largest absolute Gasteiger partial charge is 0.492 e. The Kier molecular flexibility index (Phi) is 13.1. The fourth-order valence-corrected chi connectivity index (χ4v) is 8.61. The van der Waals surface area contributed by atoms with Crippen molar-refractivity contribution in [1.29, 1.82) is 0 Å². The lowest BCUT2D eigenvalue weighted by Crippen LogP contribution is -2.37. The number of aryl methyl sites for hydroxylation is 1. The number of ketones is 1. The van der Waals surface area contributed by atoms with Gasteiger partial charge < -0.3 is 20.3 Å². The maximum atomic E-state index is 14.7. The van der Waals surface area contributed by atoms with Crippen LogP contribution < -0.4 is 15.4 Å². The first-order chi connectivity index (χ1) is 30.3. The molecule has 5 aromatic carbocycles. The van der Waals surface area contributed by atoms with E-state index in [0.29, 0.717) is 47.1 Å². The number of likely N-dealkylation sites (N-methyl/N-ethyl adjacent to an activating group) is 1. The minimum atomic E-state index is -0.485. The van der Waals surface area contributed by atoms with Gasteiger partial charge in [-0.15, -0.1) is 0 Å². The molecular formula is C51H52FN7O3. The van der Waals surface area contributed by atoms with Crippen molar-refractivity contribution in [2.24, 2.45) is 12.0 Å². The van der Waals surface area contributed by atoms with Crippen molar-refractivity contribution in [3.63, 3.8) is 0 Å². The Hall–Kier alpha value is -6.72. The van der Waals surface area contributed by atoms with Crippen LogP contribution in [0.4, 0.5) is 15.8 Å². The fourth-order valence-electron chi connectivity index (χ4n) is 8.61. The van der Waals surface area contributed by atoms with Gasteiger partial charge in [-0.25, -0.2) is 9.37 Å². The van der Waals surface area contributed by atoms with Crippen molar-refractivity contribution in [2.75, 3.05) is 43.9 Å². The van der Waals surface area contributed by atoms with Crippen LogP contribution in [0.3, 0.4) is 0 Å². The molecule has 2 N–H and O–H groups in total. The molecular weight excluding hydrogens is 778 g/mol. The predicted molar refractivity (Wildman–Crippen MR) is 244 cm³/mol. The highest BCUT2D eigenvalue weighted by molar-refractivity contribution is 6.21. The third-order valence-corrected chi connectivity index (χ3v) is 11.7.